The number of nitrogens with one attached hydrogen (secondary N) is 1. The smallest absolute Gasteiger partial charge is 0.0334 e. The molecule has 0 aliphatic rings. The number of thiophene rings is 1. The van der Waals surface area contributed by atoms with Gasteiger partial charge in [-0.15, -0.1) is 0 Å². The minimum absolute atomic E-state index is 0.416. The molecule has 1 N–H and O–H groups in total. The Bertz CT molecular complexity index is 527. The fourth-order valence-electron chi connectivity index (χ4n) is 2.21. The second-order valence-electron chi connectivity index (χ2n) is 4.84. The second kappa shape index (κ2) is 8.51. The van der Waals surface area contributed by atoms with Crippen LogP contribution in [-0.2, 0) is 6.42 Å². The fourth-order valence-corrected chi connectivity index (χ4v) is 3.96. The summed E-state index contributed by atoms with van der Waals surface area (Å²) in [4.78, 5) is 0. The summed E-state index contributed by atoms with van der Waals surface area (Å²) in [5.41, 5.74) is 2.82. The molecule has 0 radical (unpaired) electrons. The van der Waals surface area contributed by atoms with E-state index in [-0.39, 0.29) is 0 Å². The van der Waals surface area contributed by atoms with Gasteiger partial charge >= 0.3 is 0 Å². The van der Waals surface area contributed by atoms with Crippen LogP contribution in [0.25, 0.3) is 0 Å². The first kappa shape index (κ1) is 16.5. The molecule has 1 atom stereocenters. The number of hydrogen-bond donors (Lipinski definition) is 1. The lowest BCUT2D eigenvalue weighted by atomic mass is 10.00. The first-order chi connectivity index (χ1) is 9.70. The van der Waals surface area contributed by atoms with Crippen molar-refractivity contribution in [2.75, 3.05) is 6.54 Å². The van der Waals surface area contributed by atoms with Crippen molar-refractivity contribution in [3.05, 3.63) is 54.2 Å². The third-order valence-electron chi connectivity index (χ3n) is 3.28. The molecular formula is C16H19BrINS. The maximum absolute atomic E-state index is 3.70. The van der Waals surface area contributed by atoms with Gasteiger partial charge in [0.2, 0.25) is 0 Å². The van der Waals surface area contributed by atoms with Crippen LogP contribution in [0.3, 0.4) is 0 Å². The van der Waals surface area contributed by atoms with Crippen LogP contribution in [0.2, 0.25) is 0 Å². The summed E-state index contributed by atoms with van der Waals surface area (Å²) >= 11 is 7.87. The topological polar surface area (TPSA) is 12.0 Å². The molecule has 1 heterocycles. The minimum Gasteiger partial charge on any atom is -0.310 e. The van der Waals surface area contributed by atoms with Gasteiger partial charge in [0.25, 0.3) is 0 Å². The van der Waals surface area contributed by atoms with Crippen LogP contribution in [0.4, 0.5) is 0 Å². The van der Waals surface area contributed by atoms with Crippen LogP contribution in [0.1, 0.15) is 36.9 Å². The number of aryl methyl sites for hydroxylation is 1. The molecule has 1 aromatic carbocycles. The molecule has 0 saturated carbocycles. The summed E-state index contributed by atoms with van der Waals surface area (Å²) < 4.78 is 2.50. The van der Waals surface area contributed by atoms with Gasteiger partial charge in [0.15, 0.2) is 0 Å². The highest BCUT2D eigenvalue weighted by atomic mass is 127. The molecule has 20 heavy (non-hydrogen) atoms. The highest BCUT2D eigenvalue weighted by Gasteiger charge is 2.14. The van der Waals surface area contributed by atoms with E-state index in [2.05, 4.69) is 85.8 Å². The van der Waals surface area contributed by atoms with E-state index in [9.17, 15) is 0 Å². The molecule has 2 rings (SSSR count). The van der Waals surface area contributed by atoms with E-state index < -0.39 is 0 Å². The summed E-state index contributed by atoms with van der Waals surface area (Å²) in [5.74, 6) is 0. The van der Waals surface area contributed by atoms with Crippen molar-refractivity contribution in [1.82, 2.24) is 5.32 Å². The Hall–Kier alpha value is 0.0900. The van der Waals surface area contributed by atoms with E-state index in [1.807, 2.05) is 0 Å². The van der Waals surface area contributed by atoms with E-state index in [1.54, 1.807) is 11.3 Å². The molecule has 0 bridgehead atoms. The number of halogens is 2. The second-order valence-corrected chi connectivity index (χ2v) is 7.72. The molecule has 0 amide bonds. The summed E-state index contributed by atoms with van der Waals surface area (Å²) in [5, 5.41) is 8.09. The number of benzene rings is 1. The molecule has 0 fully saturated rings. The van der Waals surface area contributed by atoms with Gasteiger partial charge < -0.3 is 5.32 Å². The highest BCUT2D eigenvalue weighted by Crippen LogP contribution is 2.28. The highest BCUT2D eigenvalue weighted by molar-refractivity contribution is 14.1. The van der Waals surface area contributed by atoms with Crippen LogP contribution in [-0.4, -0.2) is 6.54 Å². The third-order valence-corrected chi connectivity index (χ3v) is 5.40. The lowest BCUT2D eigenvalue weighted by Gasteiger charge is -2.20. The quantitative estimate of drug-likeness (QED) is 0.512. The van der Waals surface area contributed by atoms with Crippen molar-refractivity contribution in [3.8, 4) is 0 Å². The number of rotatable bonds is 7. The van der Waals surface area contributed by atoms with Crippen LogP contribution in [0.15, 0.2) is 39.5 Å². The summed E-state index contributed by atoms with van der Waals surface area (Å²) in [7, 11) is 0. The summed E-state index contributed by atoms with van der Waals surface area (Å²) in [6.07, 6.45) is 3.43. The fraction of sp³-hybridized carbons (Fsp3) is 0.375. The summed E-state index contributed by atoms with van der Waals surface area (Å²) in [6.45, 7) is 3.28. The SMILES string of the molecule is CCCNC(CCc1ccsc1)c1cc(I)ccc1Br. The first-order valence-corrected chi connectivity index (χ1v) is 9.71. The zero-order chi connectivity index (χ0) is 14.4. The predicted molar refractivity (Wildman–Crippen MR) is 101 cm³/mol. The molecule has 0 aliphatic heterocycles. The molecule has 0 spiro atoms. The van der Waals surface area contributed by atoms with Gasteiger partial charge in [-0.3, -0.25) is 0 Å². The monoisotopic (exact) mass is 463 g/mol. The lowest BCUT2D eigenvalue weighted by Crippen LogP contribution is -2.23. The van der Waals surface area contributed by atoms with Gasteiger partial charge in [0.05, 0.1) is 0 Å². The molecule has 4 heteroatoms. The van der Waals surface area contributed by atoms with Crippen molar-refractivity contribution in [2.45, 2.75) is 32.2 Å². The Balaban J connectivity index is 2.11. The predicted octanol–water partition coefficient (Wildman–Crippen LogP) is 5.79. The standard InChI is InChI=1S/C16H19BrINS/c1-2-8-19-16(6-3-12-7-9-20-11-12)14-10-13(18)4-5-15(14)17/h4-5,7,9-11,16,19H,2-3,6,8H2,1H3. The normalized spacial score (nSPS) is 12.6. The molecule has 0 aliphatic carbocycles. The van der Waals surface area contributed by atoms with Gasteiger partial charge in [-0.2, -0.15) is 11.3 Å². The lowest BCUT2D eigenvalue weighted by molar-refractivity contribution is 0.498. The van der Waals surface area contributed by atoms with E-state index >= 15 is 0 Å². The van der Waals surface area contributed by atoms with E-state index in [4.69, 9.17) is 0 Å². The largest absolute Gasteiger partial charge is 0.310 e. The van der Waals surface area contributed by atoms with E-state index in [0.717, 1.165) is 25.8 Å². The van der Waals surface area contributed by atoms with Gasteiger partial charge in [0, 0.05) is 14.1 Å². The first-order valence-electron chi connectivity index (χ1n) is 6.90. The van der Waals surface area contributed by atoms with Gasteiger partial charge in [-0.1, -0.05) is 22.9 Å². The van der Waals surface area contributed by atoms with Crippen LogP contribution in [0, 0.1) is 3.57 Å². The Labute approximate surface area is 147 Å². The maximum atomic E-state index is 3.70. The van der Waals surface area contributed by atoms with Crippen LogP contribution >= 0.6 is 49.9 Å². The van der Waals surface area contributed by atoms with Crippen molar-refractivity contribution in [1.29, 1.82) is 0 Å². The van der Waals surface area contributed by atoms with Gasteiger partial charge in [-0.25, -0.2) is 0 Å². The Morgan fingerprint density at radius 3 is 2.90 bits per heavy atom. The van der Waals surface area contributed by atoms with Crippen molar-refractivity contribution >= 4 is 49.9 Å². The minimum atomic E-state index is 0.416. The molecule has 108 valence electrons. The van der Waals surface area contributed by atoms with Crippen LogP contribution < -0.4 is 5.32 Å². The van der Waals surface area contributed by atoms with E-state index in [0.29, 0.717) is 6.04 Å². The summed E-state index contributed by atoms with van der Waals surface area (Å²) in [6, 6.07) is 9.22. The molecule has 0 saturated heterocycles. The Kier molecular flexibility index (Phi) is 7.01. The zero-order valence-electron chi connectivity index (χ0n) is 11.5. The zero-order valence-corrected chi connectivity index (χ0v) is 16.1. The molecule has 2 aromatic rings. The molecular weight excluding hydrogens is 445 g/mol. The Morgan fingerprint density at radius 1 is 1.35 bits per heavy atom. The van der Waals surface area contributed by atoms with Crippen molar-refractivity contribution in [3.63, 3.8) is 0 Å². The number of hydrogen-bond acceptors (Lipinski definition) is 2. The molecule has 1 unspecified atom stereocenters. The maximum Gasteiger partial charge on any atom is 0.0334 e. The van der Waals surface area contributed by atoms with Crippen molar-refractivity contribution < 1.29 is 0 Å². The third kappa shape index (κ3) is 4.83. The Morgan fingerprint density at radius 2 is 2.20 bits per heavy atom. The van der Waals surface area contributed by atoms with Gasteiger partial charge in [0.1, 0.15) is 0 Å². The van der Waals surface area contributed by atoms with E-state index in [1.165, 1.54) is 19.2 Å². The van der Waals surface area contributed by atoms with Crippen molar-refractivity contribution in [2.24, 2.45) is 0 Å². The average Bonchev–Trinajstić information content (AvgIpc) is 2.95. The van der Waals surface area contributed by atoms with Gasteiger partial charge in [-0.05, 0) is 94.6 Å². The van der Waals surface area contributed by atoms with Crippen LogP contribution in [0.5, 0.6) is 0 Å². The average molecular weight is 464 g/mol. The molecule has 1 nitrogen and oxygen atoms in total. The molecule has 1 aromatic heterocycles.